The summed E-state index contributed by atoms with van der Waals surface area (Å²) in [5.74, 6) is -4.73. The first-order valence-electron chi connectivity index (χ1n) is 10.7. The van der Waals surface area contributed by atoms with Gasteiger partial charge in [0, 0.05) is 20.1 Å². The molecule has 0 aliphatic heterocycles. The number of carbonyl (C=O) groups is 4. The summed E-state index contributed by atoms with van der Waals surface area (Å²) in [5.41, 5.74) is 0.572. The van der Waals surface area contributed by atoms with Crippen LogP contribution in [0.3, 0.4) is 0 Å². The predicted octanol–water partition coefficient (Wildman–Crippen LogP) is 2.43. The fourth-order valence-corrected chi connectivity index (χ4v) is 2.85. The van der Waals surface area contributed by atoms with Gasteiger partial charge in [0.1, 0.15) is 0 Å². The minimum Gasteiger partial charge on any atom is -0.545 e. The van der Waals surface area contributed by atoms with E-state index in [1.807, 2.05) is 0 Å². The first kappa shape index (κ1) is 37.8. The molecule has 0 heterocycles. The van der Waals surface area contributed by atoms with E-state index in [-0.39, 0.29) is 49.6 Å². The first-order valence-corrected chi connectivity index (χ1v) is 12.2. The number of halogens is 4. The molecular weight excluding hydrogens is 813 g/mol. The average molecular weight is 829 g/mol. The van der Waals surface area contributed by atoms with E-state index in [1.165, 1.54) is 97.1 Å². The normalized spacial score (nSPS) is 9.07. The number of rotatable bonds is 4. The smallest absolute Gasteiger partial charge is 0.545 e. The summed E-state index contributed by atoms with van der Waals surface area (Å²) in [4.78, 5) is 40.6. The molecule has 41 heavy (non-hydrogen) atoms. The number of carboxylic acid groups (broad SMARTS) is 4. The molecule has 8 nitrogen and oxygen atoms in total. The van der Waals surface area contributed by atoms with Crippen molar-refractivity contribution >= 4 is 97.6 Å². The second kappa shape index (κ2) is 19.8. The summed E-state index contributed by atoms with van der Waals surface area (Å²) in [7, 11) is 0. The van der Waals surface area contributed by atoms with Crippen molar-refractivity contribution in [2.75, 3.05) is 0 Å². The quantitative estimate of drug-likeness (QED) is 0.284. The van der Waals surface area contributed by atoms with Crippen molar-refractivity contribution in [2.45, 2.75) is 0 Å². The zero-order valence-corrected chi connectivity index (χ0v) is 27.4. The molecule has 0 saturated carbocycles. The third kappa shape index (κ3) is 16.0. The van der Waals surface area contributed by atoms with Gasteiger partial charge < -0.3 is 39.6 Å². The largest absolute Gasteiger partial charge is 4.00 e. The molecule has 0 saturated heterocycles. The van der Waals surface area contributed by atoms with Gasteiger partial charge in [-0.2, -0.15) is 0 Å². The van der Waals surface area contributed by atoms with Crippen LogP contribution in [0.5, 0.6) is 0 Å². The fourth-order valence-electron chi connectivity index (χ4n) is 2.34. The van der Waals surface area contributed by atoms with Gasteiger partial charge in [0.25, 0.3) is 0 Å². The molecule has 4 rings (SSSR count). The van der Waals surface area contributed by atoms with Crippen LogP contribution in [0.25, 0.3) is 0 Å². The van der Waals surface area contributed by atoms with E-state index in [0.29, 0.717) is 20.1 Å². The molecule has 4 aromatic rings. The predicted molar refractivity (Wildman–Crippen MR) is 149 cm³/mol. The molecule has 0 aliphatic carbocycles. The molecule has 0 N–H and O–H groups in total. The Kier molecular flexibility index (Phi) is 18.3. The van der Waals surface area contributed by atoms with Gasteiger partial charge in [-0.3, -0.25) is 0 Å². The Bertz CT molecular complexity index is 1190. The molecule has 0 unspecified atom stereocenters. The first-order chi connectivity index (χ1) is 18.8. The van der Waals surface area contributed by atoms with Gasteiger partial charge in [-0.25, -0.2) is 0 Å². The average Bonchev–Trinajstić information content (AvgIpc) is 2.91. The van der Waals surface area contributed by atoms with Crippen molar-refractivity contribution in [1.29, 1.82) is 0 Å². The summed E-state index contributed by atoms with van der Waals surface area (Å²) in [6.45, 7) is 0. The Labute approximate surface area is 274 Å². The zero-order valence-electron chi connectivity index (χ0n) is 20.5. The molecule has 13 heteroatoms. The standard InChI is InChI=1S/4C7H5ClO2.Pb/c4*8-6-3-1-5(2-4-6)7(9)10;/h4*1-4H,(H,9,10);/q;;;;+4/p-4. The maximum Gasteiger partial charge on any atom is 4.00 e. The number of hydrogen-bond donors (Lipinski definition) is 0. The number of carboxylic acids is 4. The summed E-state index contributed by atoms with van der Waals surface area (Å²) < 4.78 is 0. The van der Waals surface area contributed by atoms with Crippen LogP contribution in [0, 0.1) is 0 Å². The van der Waals surface area contributed by atoms with Gasteiger partial charge in [0.2, 0.25) is 0 Å². The molecule has 0 aromatic heterocycles. The van der Waals surface area contributed by atoms with Crippen LogP contribution in [0.2, 0.25) is 20.1 Å². The topological polar surface area (TPSA) is 161 Å². The van der Waals surface area contributed by atoms with Crippen LogP contribution in [0.1, 0.15) is 41.4 Å². The van der Waals surface area contributed by atoms with Gasteiger partial charge >= 0.3 is 27.3 Å². The van der Waals surface area contributed by atoms with Crippen molar-refractivity contribution < 1.29 is 39.6 Å². The molecule has 208 valence electrons. The van der Waals surface area contributed by atoms with Crippen molar-refractivity contribution in [3.63, 3.8) is 0 Å². The Balaban J connectivity index is 0.000000516. The Hall–Kier alpha value is -3.16. The van der Waals surface area contributed by atoms with Crippen LogP contribution in [0.15, 0.2) is 97.1 Å². The summed E-state index contributed by atoms with van der Waals surface area (Å²) >= 11 is 22.0. The molecule has 0 spiro atoms. The Morgan fingerprint density at radius 3 is 0.561 bits per heavy atom. The summed E-state index contributed by atoms with van der Waals surface area (Å²) in [6.07, 6.45) is 0. The van der Waals surface area contributed by atoms with Crippen molar-refractivity contribution in [1.82, 2.24) is 0 Å². The van der Waals surface area contributed by atoms with Gasteiger partial charge in [-0.05, 0) is 70.8 Å². The number of hydrogen-bond acceptors (Lipinski definition) is 8. The van der Waals surface area contributed by atoms with Crippen molar-refractivity contribution in [3.8, 4) is 0 Å². The van der Waals surface area contributed by atoms with Crippen LogP contribution in [-0.2, 0) is 0 Å². The second-order valence-electron chi connectivity index (χ2n) is 7.18. The van der Waals surface area contributed by atoms with Crippen molar-refractivity contribution in [2.24, 2.45) is 0 Å². The van der Waals surface area contributed by atoms with Crippen LogP contribution in [0.4, 0.5) is 0 Å². The molecule has 0 bridgehead atoms. The summed E-state index contributed by atoms with van der Waals surface area (Å²) in [5, 5.41) is 42.7. The molecular formula is C28H16Cl4O8Pb. The zero-order chi connectivity index (χ0) is 30.2. The molecule has 4 aromatic carbocycles. The minimum atomic E-state index is -1.18. The number of aromatic carboxylic acids is 4. The van der Waals surface area contributed by atoms with E-state index in [4.69, 9.17) is 46.4 Å². The maximum atomic E-state index is 10.2. The van der Waals surface area contributed by atoms with Gasteiger partial charge in [0.15, 0.2) is 0 Å². The van der Waals surface area contributed by atoms with E-state index in [2.05, 4.69) is 0 Å². The minimum absolute atomic E-state index is 0. The number of benzene rings is 4. The maximum absolute atomic E-state index is 10.2. The van der Waals surface area contributed by atoms with Gasteiger partial charge in [-0.15, -0.1) is 0 Å². The van der Waals surface area contributed by atoms with Crippen LogP contribution >= 0.6 is 46.4 Å². The summed E-state index contributed by atoms with van der Waals surface area (Å²) in [6, 6.07) is 23.3. The van der Waals surface area contributed by atoms with E-state index in [0.717, 1.165) is 0 Å². The van der Waals surface area contributed by atoms with Crippen molar-refractivity contribution in [3.05, 3.63) is 139 Å². The van der Waals surface area contributed by atoms with E-state index < -0.39 is 23.9 Å². The molecule has 0 fully saturated rings. The van der Waals surface area contributed by atoms with Crippen LogP contribution < -0.4 is 20.4 Å². The van der Waals surface area contributed by atoms with Gasteiger partial charge in [-0.1, -0.05) is 94.9 Å². The molecule has 0 aliphatic rings. The second-order valence-corrected chi connectivity index (χ2v) is 8.92. The van der Waals surface area contributed by atoms with Crippen LogP contribution in [-0.4, -0.2) is 51.2 Å². The van der Waals surface area contributed by atoms with Gasteiger partial charge in [0.05, 0.1) is 23.9 Å². The molecule has 0 atom stereocenters. The van der Waals surface area contributed by atoms with E-state index in [1.54, 1.807) is 0 Å². The van der Waals surface area contributed by atoms with E-state index >= 15 is 0 Å². The van der Waals surface area contributed by atoms with E-state index in [9.17, 15) is 39.6 Å². The fraction of sp³-hybridized carbons (Fsp3) is 0. The third-order valence-electron chi connectivity index (χ3n) is 4.32. The third-order valence-corrected chi connectivity index (χ3v) is 5.33. The Morgan fingerprint density at radius 2 is 0.463 bits per heavy atom. The molecule has 0 radical (unpaired) electrons. The number of carbonyl (C=O) groups excluding carboxylic acids is 4. The SMILES string of the molecule is O=C([O-])c1ccc(Cl)cc1.O=C([O-])c1ccc(Cl)cc1.O=C([O-])c1ccc(Cl)cc1.O=C([O-])c1ccc(Cl)cc1.[Pb+4]. The molecule has 0 amide bonds. The Morgan fingerprint density at radius 1 is 0.341 bits per heavy atom. The monoisotopic (exact) mass is 828 g/mol.